The second-order valence-electron chi connectivity index (χ2n) is 6.81. The van der Waals surface area contributed by atoms with Gasteiger partial charge in [0.15, 0.2) is 0 Å². The van der Waals surface area contributed by atoms with Gasteiger partial charge in [0.05, 0.1) is 6.54 Å². The van der Waals surface area contributed by atoms with E-state index in [1.165, 1.54) is 19.3 Å². The summed E-state index contributed by atoms with van der Waals surface area (Å²) < 4.78 is 0. The lowest BCUT2D eigenvalue weighted by molar-refractivity contribution is -0.133. The molecule has 0 saturated carbocycles. The topological polar surface area (TPSA) is 72.5 Å². The molecule has 1 aromatic heterocycles. The van der Waals surface area contributed by atoms with Crippen LogP contribution in [0.3, 0.4) is 0 Å². The molecule has 0 aromatic carbocycles. The number of likely N-dealkylation sites (tertiary alicyclic amines) is 1. The maximum Gasteiger partial charge on any atom is 0.271 e. The highest BCUT2D eigenvalue weighted by atomic mass is 16.2. The van der Waals surface area contributed by atoms with E-state index in [1.54, 1.807) is 12.3 Å². The number of piperidine rings is 1. The van der Waals surface area contributed by atoms with Crippen molar-refractivity contribution >= 4 is 11.8 Å². The van der Waals surface area contributed by atoms with Crippen LogP contribution in [0.2, 0.25) is 0 Å². The molecule has 2 aliphatic heterocycles. The predicted molar refractivity (Wildman–Crippen MR) is 90.6 cm³/mol. The normalized spacial score (nSPS) is 23.1. The van der Waals surface area contributed by atoms with Crippen molar-refractivity contribution < 1.29 is 9.59 Å². The molecule has 7 nitrogen and oxygen atoms in total. The van der Waals surface area contributed by atoms with Crippen molar-refractivity contribution in [1.29, 1.82) is 0 Å². The van der Waals surface area contributed by atoms with Crippen molar-refractivity contribution in [1.82, 2.24) is 24.9 Å². The van der Waals surface area contributed by atoms with E-state index in [0.717, 1.165) is 19.5 Å². The molecule has 0 spiro atoms. The van der Waals surface area contributed by atoms with Crippen LogP contribution in [0.1, 0.15) is 43.1 Å². The Labute approximate surface area is 143 Å². The minimum atomic E-state index is -0.0357. The number of nitrogens with zero attached hydrogens (tertiary/aromatic N) is 4. The first-order valence-corrected chi connectivity index (χ1v) is 8.95. The first-order chi connectivity index (χ1) is 11.6. The maximum atomic E-state index is 12.6. The molecule has 0 radical (unpaired) electrons. The number of hydrogen-bond donors (Lipinski definition) is 1. The Bertz CT molecular complexity index is 559. The summed E-state index contributed by atoms with van der Waals surface area (Å²) in [5, 5.41) is 6.55. The Balaban J connectivity index is 1.53. The van der Waals surface area contributed by atoms with Crippen LogP contribution in [-0.4, -0.2) is 82.0 Å². The smallest absolute Gasteiger partial charge is 0.271 e. The molecule has 2 fully saturated rings. The summed E-state index contributed by atoms with van der Waals surface area (Å²) in [6.07, 6.45) is 6.03. The number of carbonyl (C=O) groups is 2. The van der Waals surface area contributed by atoms with Crippen molar-refractivity contribution in [3.8, 4) is 0 Å². The Hall–Kier alpha value is -1.89. The molecule has 2 amide bonds. The lowest BCUT2D eigenvalue weighted by Crippen LogP contribution is -2.46. The van der Waals surface area contributed by atoms with Gasteiger partial charge >= 0.3 is 0 Å². The minimum absolute atomic E-state index is 0.0357. The molecule has 2 saturated heterocycles. The van der Waals surface area contributed by atoms with Gasteiger partial charge < -0.3 is 9.80 Å². The van der Waals surface area contributed by atoms with E-state index in [4.69, 9.17) is 0 Å². The fourth-order valence-corrected chi connectivity index (χ4v) is 3.58. The number of rotatable bonds is 3. The molecule has 0 bridgehead atoms. The van der Waals surface area contributed by atoms with Crippen molar-refractivity contribution in [3.63, 3.8) is 0 Å². The highest BCUT2D eigenvalue weighted by Crippen LogP contribution is 2.16. The number of hydrogen-bond acceptors (Lipinski definition) is 4. The average Bonchev–Trinajstić information content (AvgIpc) is 3.00. The van der Waals surface area contributed by atoms with E-state index < -0.39 is 0 Å². The van der Waals surface area contributed by atoms with Crippen LogP contribution in [-0.2, 0) is 4.79 Å². The molecular weight excluding hydrogens is 306 g/mol. The zero-order valence-corrected chi connectivity index (χ0v) is 14.4. The summed E-state index contributed by atoms with van der Waals surface area (Å²) in [4.78, 5) is 31.1. The molecule has 0 aliphatic carbocycles. The lowest BCUT2D eigenvalue weighted by Gasteiger charge is -2.34. The fraction of sp³-hybridized carbons (Fsp3) is 0.706. The molecule has 3 rings (SSSR count). The average molecular weight is 333 g/mol. The fourth-order valence-electron chi connectivity index (χ4n) is 3.58. The van der Waals surface area contributed by atoms with E-state index in [9.17, 15) is 9.59 Å². The molecule has 24 heavy (non-hydrogen) atoms. The lowest BCUT2D eigenvalue weighted by atomic mass is 10.0. The molecule has 1 aromatic rings. The molecular formula is C17H27N5O2. The minimum Gasteiger partial charge on any atom is -0.340 e. The van der Waals surface area contributed by atoms with Crippen LogP contribution >= 0.6 is 0 Å². The van der Waals surface area contributed by atoms with Gasteiger partial charge in [-0.05, 0) is 38.8 Å². The SMILES string of the molecule is CC1CCCCN1CC(=O)N1CCCN(C(=O)c2ccn[nH]2)CC1. The van der Waals surface area contributed by atoms with Crippen LogP contribution in [0, 0.1) is 0 Å². The number of carbonyl (C=O) groups excluding carboxylic acids is 2. The first-order valence-electron chi connectivity index (χ1n) is 8.95. The van der Waals surface area contributed by atoms with Gasteiger partial charge in [-0.3, -0.25) is 19.6 Å². The molecule has 1 unspecified atom stereocenters. The van der Waals surface area contributed by atoms with E-state index in [-0.39, 0.29) is 11.8 Å². The van der Waals surface area contributed by atoms with Gasteiger partial charge in [-0.1, -0.05) is 6.42 Å². The predicted octanol–water partition coefficient (Wildman–Crippen LogP) is 0.959. The number of aromatic nitrogens is 2. The zero-order chi connectivity index (χ0) is 16.9. The third kappa shape index (κ3) is 3.95. The number of nitrogens with one attached hydrogen (secondary N) is 1. The molecule has 1 N–H and O–H groups in total. The van der Waals surface area contributed by atoms with Crippen LogP contribution in [0.15, 0.2) is 12.3 Å². The summed E-state index contributed by atoms with van der Waals surface area (Å²) in [5.41, 5.74) is 0.511. The highest BCUT2D eigenvalue weighted by molar-refractivity contribution is 5.92. The van der Waals surface area contributed by atoms with Crippen LogP contribution in [0.4, 0.5) is 0 Å². The molecule has 3 heterocycles. The molecule has 132 valence electrons. The van der Waals surface area contributed by atoms with Crippen molar-refractivity contribution in [2.24, 2.45) is 0 Å². The second kappa shape index (κ2) is 7.79. The Kier molecular flexibility index (Phi) is 5.50. The zero-order valence-electron chi connectivity index (χ0n) is 14.4. The molecule has 7 heteroatoms. The largest absolute Gasteiger partial charge is 0.340 e. The van der Waals surface area contributed by atoms with Crippen LogP contribution in [0.25, 0.3) is 0 Å². The van der Waals surface area contributed by atoms with Gasteiger partial charge in [0.25, 0.3) is 5.91 Å². The summed E-state index contributed by atoms with van der Waals surface area (Å²) in [7, 11) is 0. The molecule has 1 atom stereocenters. The van der Waals surface area contributed by atoms with Gasteiger partial charge in [0.2, 0.25) is 5.91 Å². The van der Waals surface area contributed by atoms with E-state index >= 15 is 0 Å². The van der Waals surface area contributed by atoms with E-state index in [0.29, 0.717) is 37.9 Å². The van der Waals surface area contributed by atoms with Crippen molar-refractivity contribution in [2.75, 3.05) is 39.3 Å². The van der Waals surface area contributed by atoms with Gasteiger partial charge in [-0.25, -0.2) is 0 Å². The Morgan fingerprint density at radius 3 is 2.67 bits per heavy atom. The summed E-state index contributed by atoms with van der Waals surface area (Å²) >= 11 is 0. The van der Waals surface area contributed by atoms with Crippen molar-refractivity contribution in [3.05, 3.63) is 18.0 Å². The monoisotopic (exact) mass is 333 g/mol. The van der Waals surface area contributed by atoms with Gasteiger partial charge in [0, 0.05) is 38.4 Å². The Morgan fingerprint density at radius 1 is 1.12 bits per heavy atom. The quantitative estimate of drug-likeness (QED) is 0.894. The Morgan fingerprint density at radius 2 is 1.92 bits per heavy atom. The summed E-state index contributed by atoms with van der Waals surface area (Å²) in [5.74, 6) is 0.158. The highest BCUT2D eigenvalue weighted by Gasteiger charge is 2.26. The van der Waals surface area contributed by atoms with E-state index in [2.05, 4.69) is 22.0 Å². The van der Waals surface area contributed by atoms with Crippen LogP contribution in [0.5, 0.6) is 0 Å². The van der Waals surface area contributed by atoms with E-state index in [1.807, 2.05) is 9.80 Å². The third-order valence-electron chi connectivity index (χ3n) is 5.15. The molecule has 2 aliphatic rings. The summed E-state index contributed by atoms with van der Waals surface area (Å²) in [6, 6.07) is 2.18. The number of amides is 2. The van der Waals surface area contributed by atoms with Crippen LogP contribution < -0.4 is 0 Å². The maximum absolute atomic E-state index is 12.6. The summed E-state index contributed by atoms with van der Waals surface area (Å²) in [6.45, 7) is 6.34. The van der Waals surface area contributed by atoms with Gasteiger partial charge in [-0.15, -0.1) is 0 Å². The number of aromatic amines is 1. The third-order valence-corrected chi connectivity index (χ3v) is 5.15. The van der Waals surface area contributed by atoms with Gasteiger partial charge in [-0.2, -0.15) is 5.10 Å². The standard InChI is InChI=1S/C17H27N5O2/c1-14-5-2-3-8-22(14)13-16(23)20-9-4-10-21(12-11-20)17(24)15-6-7-18-19-15/h6-7,14H,2-5,8-13H2,1H3,(H,18,19). The number of H-pyrrole nitrogens is 1. The first kappa shape index (κ1) is 17.0. The van der Waals surface area contributed by atoms with Crippen molar-refractivity contribution in [2.45, 2.75) is 38.6 Å². The second-order valence-corrected chi connectivity index (χ2v) is 6.81. The van der Waals surface area contributed by atoms with Gasteiger partial charge in [0.1, 0.15) is 5.69 Å².